The van der Waals surface area contributed by atoms with E-state index in [0.717, 1.165) is 60.1 Å². The Hall–Kier alpha value is -3.30. The number of aryl methyl sites for hydroxylation is 2. The smallest absolute Gasteiger partial charge is 0.146 e. The van der Waals surface area contributed by atoms with Crippen LogP contribution < -0.4 is 5.32 Å². The molecular formula is C31H38N2O. The molecule has 178 valence electrons. The lowest BCUT2D eigenvalue weighted by atomic mass is 9.97. The second-order valence-electron chi connectivity index (χ2n) is 8.57. The minimum absolute atomic E-state index is 0.620. The van der Waals surface area contributed by atoms with Crippen LogP contribution >= 0.6 is 0 Å². The molecule has 3 nitrogen and oxygen atoms in total. The summed E-state index contributed by atoms with van der Waals surface area (Å²) in [5.41, 5.74) is 8.72. The van der Waals surface area contributed by atoms with Crippen LogP contribution in [-0.2, 0) is 17.6 Å². The molecule has 2 rings (SSSR count). The molecule has 0 aliphatic heterocycles. The first-order chi connectivity index (χ1) is 16.5. The van der Waals surface area contributed by atoms with Crippen molar-refractivity contribution in [1.82, 2.24) is 5.32 Å². The lowest BCUT2D eigenvalue weighted by Crippen LogP contribution is -2.08. The van der Waals surface area contributed by atoms with Crippen LogP contribution in [0.4, 0.5) is 0 Å². The second-order valence-corrected chi connectivity index (χ2v) is 8.57. The average Bonchev–Trinajstić information content (AvgIpc) is 2.87. The van der Waals surface area contributed by atoms with Crippen LogP contribution in [0, 0.1) is 0 Å². The van der Waals surface area contributed by atoms with Crippen LogP contribution in [-0.4, -0.2) is 25.6 Å². The number of hydrogen-bond acceptors (Lipinski definition) is 3. The Kier molecular flexibility index (Phi) is 11.7. The van der Waals surface area contributed by atoms with Crippen LogP contribution in [0.1, 0.15) is 50.3 Å². The van der Waals surface area contributed by atoms with Crippen molar-refractivity contribution in [3.63, 3.8) is 0 Å². The predicted octanol–water partition coefficient (Wildman–Crippen LogP) is 6.81. The zero-order chi connectivity index (χ0) is 24.8. The standard InChI is InChI=1S/C31H38N2O/c1-24(15-17-30(23-34)26(3)19-21-32-5)25(2)20-22-33-27(4)31-14-10-9-13-29(31)18-16-28-11-7-6-8-12-28/h6-15,20,22-23,32H,2,16-19,21H2,1,3-5H3/b22-20-,24-15+,30-26-,33-27?. The summed E-state index contributed by atoms with van der Waals surface area (Å²) in [5, 5.41) is 3.12. The zero-order valence-electron chi connectivity index (χ0n) is 21.1. The number of allylic oxidation sites excluding steroid dienone is 5. The third-order valence-corrected chi connectivity index (χ3v) is 6.05. The van der Waals surface area contributed by atoms with Crippen molar-refractivity contribution in [3.8, 4) is 0 Å². The van der Waals surface area contributed by atoms with Crippen molar-refractivity contribution in [2.75, 3.05) is 13.6 Å². The molecule has 3 heteroatoms. The number of carbonyl (C=O) groups excluding carboxylic acids is 1. The van der Waals surface area contributed by atoms with Crippen molar-refractivity contribution in [1.29, 1.82) is 0 Å². The van der Waals surface area contributed by atoms with Crippen LogP contribution in [0.15, 0.2) is 107 Å². The molecule has 0 bridgehead atoms. The highest BCUT2D eigenvalue weighted by Crippen LogP contribution is 2.17. The summed E-state index contributed by atoms with van der Waals surface area (Å²) in [6.45, 7) is 11.1. The van der Waals surface area contributed by atoms with Gasteiger partial charge in [-0.25, -0.2) is 0 Å². The van der Waals surface area contributed by atoms with Gasteiger partial charge < -0.3 is 5.32 Å². The van der Waals surface area contributed by atoms with E-state index < -0.39 is 0 Å². The molecule has 0 atom stereocenters. The van der Waals surface area contributed by atoms with E-state index >= 15 is 0 Å². The highest BCUT2D eigenvalue weighted by Gasteiger charge is 2.05. The first-order valence-electron chi connectivity index (χ1n) is 11.9. The number of rotatable bonds is 13. The SMILES string of the molecule is C=C(/C=C\N=C(C)c1ccccc1CCc1ccccc1)/C(C)=C/C/C(C=O)=C(\C)CCNC. The molecule has 0 aliphatic carbocycles. The molecule has 0 saturated heterocycles. The summed E-state index contributed by atoms with van der Waals surface area (Å²) in [4.78, 5) is 16.1. The van der Waals surface area contributed by atoms with Gasteiger partial charge in [-0.15, -0.1) is 0 Å². The van der Waals surface area contributed by atoms with Crippen molar-refractivity contribution in [2.24, 2.45) is 4.99 Å². The summed E-state index contributed by atoms with van der Waals surface area (Å²) in [7, 11) is 1.92. The molecule has 34 heavy (non-hydrogen) atoms. The first-order valence-corrected chi connectivity index (χ1v) is 11.9. The van der Waals surface area contributed by atoms with Crippen LogP contribution in [0.5, 0.6) is 0 Å². The molecule has 0 spiro atoms. The van der Waals surface area contributed by atoms with Crippen molar-refractivity contribution in [2.45, 2.75) is 46.5 Å². The number of aliphatic imine (C=N–C) groups is 1. The molecule has 2 aromatic carbocycles. The predicted molar refractivity (Wildman–Crippen MR) is 146 cm³/mol. The van der Waals surface area contributed by atoms with Crippen molar-refractivity contribution >= 4 is 12.0 Å². The number of carbonyl (C=O) groups is 1. The van der Waals surface area contributed by atoms with Gasteiger partial charge in [0, 0.05) is 11.9 Å². The van der Waals surface area contributed by atoms with Crippen molar-refractivity contribution < 1.29 is 4.79 Å². The summed E-state index contributed by atoms with van der Waals surface area (Å²) in [6, 6.07) is 19.0. The van der Waals surface area contributed by atoms with Gasteiger partial charge in [0.1, 0.15) is 6.29 Å². The minimum Gasteiger partial charge on any atom is -0.319 e. The second kappa shape index (κ2) is 14.8. The van der Waals surface area contributed by atoms with Gasteiger partial charge in [-0.1, -0.05) is 72.8 Å². The van der Waals surface area contributed by atoms with E-state index in [1.165, 1.54) is 16.7 Å². The molecule has 0 heterocycles. The lowest BCUT2D eigenvalue weighted by molar-refractivity contribution is -0.105. The molecule has 0 fully saturated rings. The summed E-state index contributed by atoms with van der Waals surface area (Å²) < 4.78 is 0. The van der Waals surface area contributed by atoms with Crippen LogP contribution in [0.3, 0.4) is 0 Å². The van der Waals surface area contributed by atoms with Gasteiger partial charge in [0.15, 0.2) is 0 Å². The van der Waals surface area contributed by atoms with Crippen LogP contribution in [0.2, 0.25) is 0 Å². The van der Waals surface area contributed by atoms with E-state index in [0.29, 0.717) is 6.42 Å². The van der Waals surface area contributed by atoms with E-state index in [2.05, 4.69) is 77.6 Å². The van der Waals surface area contributed by atoms with Gasteiger partial charge in [-0.05, 0) is 99.5 Å². The Morgan fingerprint density at radius 1 is 1.00 bits per heavy atom. The Morgan fingerprint density at radius 2 is 1.71 bits per heavy atom. The fourth-order valence-electron chi connectivity index (χ4n) is 3.65. The molecular weight excluding hydrogens is 416 g/mol. The molecule has 0 aromatic heterocycles. The zero-order valence-corrected chi connectivity index (χ0v) is 21.1. The maximum Gasteiger partial charge on any atom is 0.146 e. The highest BCUT2D eigenvalue weighted by molar-refractivity contribution is 6.00. The van der Waals surface area contributed by atoms with Gasteiger partial charge in [0.25, 0.3) is 0 Å². The summed E-state index contributed by atoms with van der Waals surface area (Å²) in [6.07, 6.45) is 10.3. The molecule has 0 unspecified atom stereocenters. The van der Waals surface area contributed by atoms with E-state index in [9.17, 15) is 4.79 Å². The molecule has 0 radical (unpaired) electrons. The molecule has 0 aliphatic rings. The highest BCUT2D eigenvalue weighted by atomic mass is 16.1. The van der Waals surface area contributed by atoms with E-state index in [1.54, 1.807) is 0 Å². The van der Waals surface area contributed by atoms with Crippen molar-refractivity contribution in [3.05, 3.63) is 119 Å². The quantitative estimate of drug-likeness (QED) is 0.156. The molecule has 0 amide bonds. The average molecular weight is 455 g/mol. The summed E-state index contributed by atoms with van der Waals surface area (Å²) >= 11 is 0. The maximum absolute atomic E-state index is 11.5. The van der Waals surface area contributed by atoms with E-state index in [1.807, 2.05) is 40.1 Å². The Morgan fingerprint density at radius 3 is 2.41 bits per heavy atom. The van der Waals surface area contributed by atoms with E-state index in [4.69, 9.17) is 0 Å². The normalized spacial score (nSPS) is 13.2. The summed E-state index contributed by atoms with van der Waals surface area (Å²) in [5.74, 6) is 0. The molecule has 0 saturated carbocycles. The lowest BCUT2D eigenvalue weighted by Gasteiger charge is -2.09. The number of benzene rings is 2. The van der Waals surface area contributed by atoms with Gasteiger partial charge in [-0.3, -0.25) is 9.79 Å². The van der Waals surface area contributed by atoms with Gasteiger partial charge in [0.2, 0.25) is 0 Å². The molecule has 2 aromatic rings. The van der Waals surface area contributed by atoms with Gasteiger partial charge in [-0.2, -0.15) is 0 Å². The topological polar surface area (TPSA) is 41.5 Å². The van der Waals surface area contributed by atoms with E-state index in [-0.39, 0.29) is 0 Å². The Labute approximate surface area is 205 Å². The maximum atomic E-state index is 11.5. The fourth-order valence-corrected chi connectivity index (χ4v) is 3.65. The largest absolute Gasteiger partial charge is 0.319 e. The number of aldehydes is 1. The van der Waals surface area contributed by atoms with Gasteiger partial charge in [0.05, 0.1) is 0 Å². The number of hydrogen-bond donors (Lipinski definition) is 1. The first kappa shape index (κ1) is 26.9. The third kappa shape index (κ3) is 8.92. The number of nitrogens with zero attached hydrogens (tertiary/aromatic N) is 1. The molecule has 1 N–H and O–H groups in total. The minimum atomic E-state index is 0.620. The third-order valence-electron chi connectivity index (χ3n) is 6.05. The Bertz CT molecular complexity index is 1070. The number of nitrogens with one attached hydrogen (secondary N) is 1. The van der Waals surface area contributed by atoms with Gasteiger partial charge >= 0.3 is 0 Å². The van der Waals surface area contributed by atoms with Crippen LogP contribution in [0.25, 0.3) is 0 Å². The Balaban J connectivity index is 2.03. The fraction of sp³-hybridized carbons (Fsp3) is 0.290. The monoisotopic (exact) mass is 454 g/mol.